The molecular formula is C8H8O3S2. The number of carbonyl (C=O) groups excluding carboxylic acids is 1. The van der Waals surface area contributed by atoms with Crippen LogP contribution in [0.15, 0.2) is 15.7 Å². The SMILES string of the molecule is C[C@@H]1CC(=O)c2ccsc2S1(=O)=O. The van der Waals surface area contributed by atoms with Crippen molar-refractivity contribution in [2.24, 2.45) is 0 Å². The second-order valence-electron chi connectivity index (χ2n) is 3.10. The first-order chi connectivity index (χ1) is 6.03. The van der Waals surface area contributed by atoms with Gasteiger partial charge in [-0.1, -0.05) is 0 Å². The first kappa shape index (κ1) is 8.90. The van der Waals surface area contributed by atoms with Crippen LogP contribution in [-0.4, -0.2) is 19.5 Å². The molecular weight excluding hydrogens is 208 g/mol. The van der Waals surface area contributed by atoms with Gasteiger partial charge in [-0.05, 0) is 18.4 Å². The molecule has 1 atom stereocenters. The normalized spacial score (nSPS) is 25.6. The van der Waals surface area contributed by atoms with Crippen molar-refractivity contribution in [3.05, 3.63) is 17.0 Å². The Bertz CT molecular complexity index is 455. The number of rotatable bonds is 0. The van der Waals surface area contributed by atoms with E-state index in [4.69, 9.17) is 0 Å². The highest BCUT2D eigenvalue weighted by atomic mass is 32.2. The van der Waals surface area contributed by atoms with Gasteiger partial charge in [0.25, 0.3) is 0 Å². The largest absolute Gasteiger partial charge is 0.294 e. The van der Waals surface area contributed by atoms with Gasteiger partial charge in [0.15, 0.2) is 15.6 Å². The lowest BCUT2D eigenvalue weighted by atomic mass is 10.1. The molecule has 0 N–H and O–H groups in total. The topological polar surface area (TPSA) is 51.2 Å². The quantitative estimate of drug-likeness (QED) is 0.660. The monoisotopic (exact) mass is 216 g/mol. The van der Waals surface area contributed by atoms with E-state index in [2.05, 4.69) is 0 Å². The summed E-state index contributed by atoms with van der Waals surface area (Å²) in [6.45, 7) is 1.58. The van der Waals surface area contributed by atoms with Crippen molar-refractivity contribution in [2.45, 2.75) is 22.8 Å². The maximum absolute atomic E-state index is 11.7. The summed E-state index contributed by atoms with van der Waals surface area (Å²) < 4.78 is 23.6. The second-order valence-corrected chi connectivity index (χ2v) is 6.58. The minimum atomic E-state index is -3.21. The number of carbonyl (C=O) groups is 1. The predicted octanol–water partition coefficient (Wildman–Crippen LogP) is 1.50. The van der Waals surface area contributed by atoms with E-state index in [-0.39, 0.29) is 16.4 Å². The van der Waals surface area contributed by atoms with Crippen LogP contribution >= 0.6 is 11.3 Å². The average molecular weight is 216 g/mol. The van der Waals surface area contributed by atoms with E-state index in [0.29, 0.717) is 5.56 Å². The van der Waals surface area contributed by atoms with Gasteiger partial charge in [-0.15, -0.1) is 11.3 Å². The average Bonchev–Trinajstić information content (AvgIpc) is 2.49. The van der Waals surface area contributed by atoms with Crippen LogP contribution < -0.4 is 0 Å². The summed E-state index contributed by atoms with van der Waals surface area (Å²) in [5, 5.41) is 1.09. The first-order valence-electron chi connectivity index (χ1n) is 3.88. The molecule has 0 saturated carbocycles. The summed E-state index contributed by atoms with van der Waals surface area (Å²) >= 11 is 1.13. The molecule has 1 aliphatic heterocycles. The van der Waals surface area contributed by atoms with Crippen molar-refractivity contribution in [3.8, 4) is 0 Å². The van der Waals surface area contributed by atoms with E-state index in [1.807, 2.05) is 0 Å². The summed E-state index contributed by atoms with van der Waals surface area (Å²) in [4.78, 5) is 11.4. The molecule has 5 heteroatoms. The summed E-state index contributed by atoms with van der Waals surface area (Å²) in [7, 11) is -3.21. The van der Waals surface area contributed by atoms with Crippen molar-refractivity contribution >= 4 is 27.0 Å². The van der Waals surface area contributed by atoms with Gasteiger partial charge in [0.2, 0.25) is 0 Å². The fourth-order valence-electron chi connectivity index (χ4n) is 1.39. The summed E-state index contributed by atoms with van der Waals surface area (Å²) in [5.74, 6) is -0.0569. The molecule has 2 heterocycles. The fourth-order valence-corrected chi connectivity index (χ4v) is 4.44. The van der Waals surface area contributed by atoms with Crippen LogP contribution in [0.5, 0.6) is 0 Å². The third-order valence-corrected chi connectivity index (χ3v) is 5.85. The molecule has 0 unspecified atom stereocenters. The maximum atomic E-state index is 11.7. The van der Waals surface area contributed by atoms with E-state index in [1.54, 1.807) is 18.4 Å². The highest BCUT2D eigenvalue weighted by molar-refractivity contribution is 7.94. The molecule has 0 bridgehead atoms. The molecule has 3 nitrogen and oxygen atoms in total. The minimum absolute atomic E-state index is 0.0569. The van der Waals surface area contributed by atoms with Crippen LogP contribution in [0.3, 0.4) is 0 Å². The van der Waals surface area contributed by atoms with Crippen molar-refractivity contribution < 1.29 is 13.2 Å². The van der Waals surface area contributed by atoms with E-state index in [1.165, 1.54) is 0 Å². The summed E-state index contributed by atoms with van der Waals surface area (Å²) in [5.41, 5.74) is 0.378. The van der Waals surface area contributed by atoms with Crippen molar-refractivity contribution in [1.82, 2.24) is 0 Å². The Morgan fingerprint density at radius 2 is 2.23 bits per heavy atom. The van der Waals surface area contributed by atoms with Crippen molar-refractivity contribution in [3.63, 3.8) is 0 Å². The van der Waals surface area contributed by atoms with Crippen molar-refractivity contribution in [2.75, 3.05) is 0 Å². The zero-order valence-electron chi connectivity index (χ0n) is 6.98. The molecule has 0 saturated heterocycles. The number of hydrogen-bond acceptors (Lipinski definition) is 4. The lowest BCUT2D eigenvalue weighted by Gasteiger charge is -2.17. The maximum Gasteiger partial charge on any atom is 0.191 e. The number of sulfone groups is 1. The van der Waals surface area contributed by atoms with E-state index in [0.717, 1.165) is 11.3 Å². The second kappa shape index (κ2) is 2.65. The molecule has 0 aromatic carbocycles. The van der Waals surface area contributed by atoms with Gasteiger partial charge in [-0.2, -0.15) is 0 Å². The Hall–Kier alpha value is -0.680. The van der Waals surface area contributed by atoms with Crippen LogP contribution in [-0.2, 0) is 9.84 Å². The van der Waals surface area contributed by atoms with Gasteiger partial charge in [0.05, 0.1) is 5.25 Å². The summed E-state index contributed by atoms with van der Waals surface area (Å²) in [6, 6.07) is 1.59. The van der Waals surface area contributed by atoms with E-state index >= 15 is 0 Å². The zero-order valence-corrected chi connectivity index (χ0v) is 8.61. The molecule has 1 aromatic heterocycles. The third kappa shape index (κ3) is 1.14. The Kier molecular flexibility index (Phi) is 1.82. The number of thiophene rings is 1. The molecule has 0 radical (unpaired) electrons. The summed E-state index contributed by atoms with van der Waals surface area (Å²) in [6.07, 6.45) is 0.117. The van der Waals surface area contributed by atoms with Crippen LogP contribution in [0.25, 0.3) is 0 Å². The molecule has 0 aliphatic carbocycles. The molecule has 1 aromatic rings. The van der Waals surface area contributed by atoms with Gasteiger partial charge < -0.3 is 0 Å². The fraction of sp³-hybridized carbons (Fsp3) is 0.375. The van der Waals surface area contributed by atoms with Crippen LogP contribution in [0.4, 0.5) is 0 Å². The first-order valence-corrected chi connectivity index (χ1v) is 6.30. The molecule has 13 heavy (non-hydrogen) atoms. The van der Waals surface area contributed by atoms with Crippen LogP contribution in [0, 0.1) is 0 Å². The molecule has 0 amide bonds. The Labute approximate surface area is 80.3 Å². The van der Waals surface area contributed by atoms with Crippen LogP contribution in [0.1, 0.15) is 23.7 Å². The highest BCUT2D eigenvalue weighted by Crippen LogP contribution is 2.33. The van der Waals surface area contributed by atoms with Gasteiger partial charge in [-0.3, -0.25) is 4.79 Å². The third-order valence-electron chi connectivity index (χ3n) is 2.19. The Morgan fingerprint density at radius 3 is 2.92 bits per heavy atom. The number of Topliss-reactive ketones (excluding diaryl/α,β-unsaturated/α-hetero) is 1. The molecule has 1 aliphatic rings. The van der Waals surface area contributed by atoms with E-state index in [9.17, 15) is 13.2 Å². The minimum Gasteiger partial charge on any atom is -0.294 e. The standard InChI is InChI=1S/C8H8O3S2/c1-5-4-7(9)6-2-3-12-8(6)13(5,10)11/h2-3,5H,4H2,1H3/t5-/m1/s1. The van der Waals surface area contributed by atoms with Gasteiger partial charge >= 0.3 is 0 Å². The lowest BCUT2D eigenvalue weighted by molar-refractivity contribution is 0.0977. The van der Waals surface area contributed by atoms with E-state index < -0.39 is 15.1 Å². The number of hydrogen-bond donors (Lipinski definition) is 0. The smallest absolute Gasteiger partial charge is 0.191 e. The predicted molar refractivity (Wildman–Crippen MR) is 49.9 cm³/mol. The number of fused-ring (bicyclic) bond motifs is 1. The molecule has 0 fully saturated rings. The lowest BCUT2D eigenvalue weighted by Crippen LogP contribution is -2.27. The van der Waals surface area contributed by atoms with Gasteiger partial charge in [0.1, 0.15) is 4.21 Å². The molecule has 2 rings (SSSR count). The highest BCUT2D eigenvalue weighted by Gasteiger charge is 2.36. The Balaban J connectivity index is 2.73. The van der Waals surface area contributed by atoms with Gasteiger partial charge in [0, 0.05) is 12.0 Å². The van der Waals surface area contributed by atoms with Crippen molar-refractivity contribution in [1.29, 1.82) is 0 Å². The number of ketones is 1. The van der Waals surface area contributed by atoms with Crippen LogP contribution in [0.2, 0.25) is 0 Å². The zero-order chi connectivity index (χ0) is 9.64. The van der Waals surface area contributed by atoms with Gasteiger partial charge in [-0.25, -0.2) is 8.42 Å². The molecule has 70 valence electrons. The molecule has 0 spiro atoms. The Morgan fingerprint density at radius 1 is 1.54 bits per heavy atom.